The molecule has 7 heteroatoms. The standard InChI is InChI=1S/C18H23FN4O2/c1-2-24-11-3-10-21-18(20)23-13-14-4-9-17(22-12-14)25-16-7-5-15(19)6-8-16/h4-9,12H,2-3,10-11,13H2,1H3,(H3,20,21,23). The second-order valence-corrected chi connectivity index (χ2v) is 5.24. The smallest absolute Gasteiger partial charge is 0.219 e. The van der Waals surface area contributed by atoms with Crippen LogP contribution in [0.4, 0.5) is 4.39 Å². The highest BCUT2D eigenvalue weighted by Crippen LogP contribution is 2.19. The van der Waals surface area contributed by atoms with Gasteiger partial charge in [-0.1, -0.05) is 6.07 Å². The van der Waals surface area contributed by atoms with E-state index in [0.29, 0.717) is 30.7 Å². The third-order valence-electron chi connectivity index (χ3n) is 3.24. The normalized spacial score (nSPS) is 11.4. The van der Waals surface area contributed by atoms with Crippen molar-refractivity contribution < 1.29 is 13.9 Å². The fourth-order valence-electron chi connectivity index (χ4n) is 1.96. The highest BCUT2D eigenvalue weighted by atomic mass is 19.1. The Morgan fingerprint density at radius 1 is 1.24 bits per heavy atom. The van der Waals surface area contributed by atoms with Gasteiger partial charge < -0.3 is 20.5 Å². The number of nitrogens with one attached hydrogen (secondary N) is 1. The van der Waals surface area contributed by atoms with Gasteiger partial charge in [0, 0.05) is 32.0 Å². The Labute approximate surface area is 146 Å². The lowest BCUT2D eigenvalue weighted by molar-refractivity contribution is 0.145. The molecule has 2 aromatic rings. The number of pyridine rings is 1. The topological polar surface area (TPSA) is 81.8 Å². The summed E-state index contributed by atoms with van der Waals surface area (Å²) in [4.78, 5) is 8.46. The molecule has 134 valence electrons. The lowest BCUT2D eigenvalue weighted by atomic mass is 10.3. The van der Waals surface area contributed by atoms with Crippen molar-refractivity contribution in [3.8, 4) is 11.6 Å². The van der Waals surface area contributed by atoms with Crippen molar-refractivity contribution in [2.45, 2.75) is 19.9 Å². The van der Waals surface area contributed by atoms with Crippen LogP contribution < -0.4 is 15.8 Å². The summed E-state index contributed by atoms with van der Waals surface area (Å²) in [6.45, 7) is 4.53. The number of nitrogens with zero attached hydrogens (tertiary/aromatic N) is 2. The minimum Gasteiger partial charge on any atom is -0.439 e. The lowest BCUT2D eigenvalue weighted by Crippen LogP contribution is -2.32. The molecule has 0 radical (unpaired) electrons. The molecule has 0 unspecified atom stereocenters. The summed E-state index contributed by atoms with van der Waals surface area (Å²) in [6, 6.07) is 9.36. The molecular formula is C18H23FN4O2. The fraction of sp³-hybridized carbons (Fsp3) is 0.333. The molecule has 6 nitrogen and oxygen atoms in total. The van der Waals surface area contributed by atoms with Crippen molar-refractivity contribution in [1.29, 1.82) is 0 Å². The summed E-state index contributed by atoms with van der Waals surface area (Å²) in [6.07, 6.45) is 2.55. The third-order valence-corrected chi connectivity index (χ3v) is 3.24. The van der Waals surface area contributed by atoms with E-state index in [0.717, 1.165) is 25.1 Å². The highest BCUT2D eigenvalue weighted by Gasteiger charge is 2.00. The van der Waals surface area contributed by atoms with Crippen LogP contribution in [0.25, 0.3) is 0 Å². The molecule has 0 saturated carbocycles. The zero-order valence-corrected chi connectivity index (χ0v) is 14.2. The molecule has 3 N–H and O–H groups in total. The molecule has 1 aromatic heterocycles. The molecule has 0 amide bonds. The quantitative estimate of drug-likeness (QED) is 0.414. The summed E-state index contributed by atoms with van der Waals surface area (Å²) in [5.41, 5.74) is 6.71. The molecule has 0 saturated heterocycles. The molecule has 0 spiro atoms. The first-order valence-corrected chi connectivity index (χ1v) is 8.17. The van der Waals surface area contributed by atoms with Crippen LogP contribution in [0.2, 0.25) is 0 Å². The molecule has 0 bridgehead atoms. The van der Waals surface area contributed by atoms with E-state index in [1.54, 1.807) is 24.4 Å². The SMILES string of the molecule is CCOCCCNC(N)=NCc1ccc(Oc2ccc(F)cc2)nc1. The average molecular weight is 346 g/mol. The minimum absolute atomic E-state index is 0.308. The Bertz CT molecular complexity index is 660. The van der Waals surface area contributed by atoms with E-state index in [2.05, 4.69) is 15.3 Å². The Kier molecular flexibility index (Phi) is 7.65. The van der Waals surface area contributed by atoms with E-state index < -0.39 is 0 Å². The van der Waals surface area contributed by atoms with Crippen LogP contribution in [0, 0.1) is 5.82 Å². The highest BCUT2D eigenvalue weighted by molar-refractivity contribution is 5.77. The molecule has 0 aliphatic carbocycles. The van der Waals surface area contributed by atoms with Gasteiger partial charge in [0.2, 0.25) is 5.88 Å². The maximum absolute atomic E-state index is 12.9. The first kappa shape index (κ1) is 18.7. The van der Waals surface area contributed by atoms with Crippen molar-refractivity contribution in [1.82, 2.24) is 10.3 Å². The number of aromatic nitrogens is 1. The average Bonchev–Trinajstić information content (AvgIpc) is 2.63. The first-order chi connectivity index (χ1) is 12.2. The van der Waals surface area contributed by atoms with Crippen molar-refractivity contribution in [2.75, 3.05) is 19.8 Å². The van der Waals surface area contributed by atoms with Crippen molar-refractivity contribution >= 4 is 5.96 Å². The van der Waals surface area contributed by atoms with Crippen molar-refractivity contribution in [3.63, 3.8) is 0 Å². The van der Waals surface area contributed by atoms with Gasteiger partial charge in [0.1, 0.15) is 11.6 Å². The molecule has 0 fully saturated rings. The number of hydrogen-bond donors (Lipinski definition) is 2. The number of aliphatic imine (C=N–C) groups is 1. The summed E-state index contributed by atoms with van der Waals surface area (Å²) in [5.74, 6) is 1.04. The van der Waals surface area contributed by atoms with Gasteiger partial charge in [-0.3, -0.25) is 0 Å². The van der Waals surface area contributed by atoms with Gasteiger partial charge in [0.25, 0.3) is 0 Å². The second kappa shape index (κ2) is 10.2. The first-order valence-electron chi connectivity index (χ1n) is 8.17. The number of guanidine groups is 1. The van der Waals surface area contributed by atoms with Gasteiger partial charge >= 0.3 is 0 Å². The van der Waals surface area contributed by atoms with Gasteiger partial charge in [-0.15, -0.1) is 0 Å². The number of halogens is 1. The number of nitrogens with two attached hydrogens (primary N) is 1. The summed E-state index contributed by atoms with van der Waals surface area (Å²) in [5, 5.41) is 3.03. The van der Waals surface area contributed by atoms with Gasteiger partial charge in [-0.05, 0) is 43.2 Å². The number of hydrogen-bond acceptors (Lipinski definition) is 4. The molecular weight excluding hydrogens is 323 g/mol. The van der Waals surface area contributed by atoms with Crippen LogP contribution in [0.15, 0.2) is 47.6 Å². The summed E-state index contributed by atoms with van der Waals surface area (Å²) < 4.78 is 23.6. The van der Waals surface area contributed by atoms with Gasteiger partial charge in [-0.25, -0.2) is 14.4 Å². The number of rotatable bonds is 9. The van der Waals surface area contributed by atoms with Crippen molar-refractivity contribution in [2.24, 2.45) is 10.7 Å². The monoisotopic (exact) mass is 346 g/mol. The van der Waals surface area contributed by atoms with E-state index >= 15 is 0 Å². The van der Waals surface area contributed by atoms with Gasteiger partial charge in [-0.2, -0.15) is 0 Å². The van der Waals surface area contributed by atoms with Gasteiger partial charge in [0.05, 0.1) is 6.54 Å². The van der Waals surface area contributed by atoms with E-state index in [4.69, 9.17) is 15.2 Å². The maximum atomic E-state index is 12.9. The van der Waals surface area contributed by atoms with Gasteiger partial charge in [0.15, 0.2) is 5.96 Å². The molecule has 0 aliphatic heterocycles. The van der Waals surface area contributed by atoms with E-state index in [-0.39, 0.29) is 5.82 Å². The van der Waals surface area contributed by atoms with Crippen LogP contribution in [0.1, 0.15) is 18.9 Å². The van der Waals surface area contributed by atoms with E-state index in [9.17, 15) is 4.39 Å². The molecule has 25 heavy (non-hydrogen) atoms. The maximum Gasteiger partial charge on any atom is 0.219 e. The van der Waals surface area contributed by atoms with Crippen molar-refractivity contribution in [3.05, 3.63) is 54.0 Å². The zero-order valence-electron chi connectivity index (χ0n) is 14.2. The molecule has 0 aliphatic rings. The number of ether oxygens (including phenoxy) is 2. The predicted octanol–water partition coefficient (Wildman–Crippen LogP) is 2.84. The largest absolute Gasteiger partial charge is 0.439 e. The van der Waals surface area contributed by atoms with Crippen LogP contribution in [-0.2, 0) is 11.3 Å². The Morgan fingerprint density at radius 2 is 2.04 bits per heavy atom. The van der Waals surface area contributed by atoms with Crippen LogP contribution in [0.3, 0.4) is 0 Å². The van der Waals surface area contributed by atoms with Crippen LogP contribution >= 0.6 is 0 Å². The molecule has 0 atom stereocenters. The van der Waals surface area contributed by atoms with E-state index in [1.807, 2.05) is 13.0 Å². The Morgan fingerprint density at radius 3 is 2.72 bits per heavy atom. The third kappa shape index (κ3) is 7.17. The zero-order chi connectivity index (χ0) is 17.9. The summed E-state index contributed by atoms with van der Waals surface area (Å²) >= 11 is 0. The second-order valence-electron chi connectivity index (χ2n) is 5.24. The minimum atomic E-state index is -0.308. The molecule has 1 heterocycles. The predicted molar refractivity (Wildman–Crippen MR) is 95.2 cm³/mol. The lowest BCUT2D eigenvalue weighted by Gasteiger charge is -2.06. The molecule has 1 aromatic carbocycles. The Balaban J connectivity index is 1.77. The number of benzene rings is 1. The molecule has 2 rings (SSSR count). The van der Waals surface area contributed by atoms with Crippen LogP contribution in [-0.4, -0.2) is 30.7 Å². The Hall–Kier alpha value is -2.67. The summed E-state index contributed by atoms with van der Waals surface area (Å²) in [7, 11) is 0. The van der Waals surface area contributed by atoms with E-state index in [1.165, 1.54) is 12.1 Å². The fourth-order valence-corrected chi connectivity index (χ4v) is 1.96. The van der Waals surface area contributed by atoms with Crippen LogP contribution in [0.5, 0.6) is 11.6 Å².